The molecule has 92 valence electrons. The summed E-state index contributed by atoms with van der Waals surface area (Å²) in [5.41, 5.74) is 4.73. The van der Waals surface area contributed by atoms with Gasteiger partial charge < -0.3 is 0 Å². The minimum atomic E-state index is -0.116. The molecule has 1 aromatic carbocycles. The van der Waals surface area contributed by atoms with Gasteiger partial charge in [0.1, 0.15) is 0 Å². The largest absolute Gasteiger partial charge is 0.274 e. The van der Waals surface area contributed by atoms with Crippen LogP contribution in [0.15, 0.2) is 10.9 Å². The number of aromatic nitrogens is 4. The molecule has 3 rings (SSSR count). The van der Waals surface area contributed by atoms with Crippen molar-refractivity contribution in [2.75, 3.05) is 0 Å². The molecule has 0 bridgehead atoms. The highest BCUT2D eigenvalue weighted by Gasteiger charge is 2.14. The Morgan fingerprint density at radius 3 is 2.61 bits per heavy atom. The lowest BCUT2D eigenvalue weighted by Crippen LogP contribution is -2.02. The van der Waals surface area contributed by atoms with Gasteiger partial charge in [0.05, 0.1) is 10.9 Å². The fraction of sp³-hybridized carbons (Fsp3) is 0.308. The average molecular weight is 242 g/mol. The van der Waals surface area contributed by atoms with Crippen LogP contribution in [0.2, 0.25) is 0 Å². The molecule has 0 fully saturated rings. The lowest BCUT2D eigenvalue weighted by atomic mass is 9.99. The third-order valence-corrected chi connectivity index (χ3v) is 3.68. The van der Waals surface area contributed by atoms with E-state index in [9.17, 15) is 4.79 Å². The van der Waals surface area contributed by atoms with Crippen molar-refractivity contribution >= 4 is 21.9 Å². The van der Waals surface area contributed by atoms with Crippen LogP contribution in [0.25, 0.3) is 21.9 Å². The van der Waals surface area contributed by atoms with Crippen molar-refractivity contribution in [3.05, 3.63) is 33.1 Å². The van der Waals surface area contributed by atoms with E-state index < -0.39 is 0 Å². The van der Waals surface area contributed by atoms with Crippen LogP contribution in [-0.2, 0) is 7.05 Å². The molecule has 5 nitrogen and oxygen atoms in total. The molecule has 18 heavy (non-hydrogen) atoms. The van der Waals surface area contributed by atoms with Gasteiger partial charge in [-0.15, -0.1) is 10.2 Å². The minimum absolute atomic E-state index is 0.116. The summed E-state index contributed by atoms with van der Waals surface area (Å²) < 4.78 is 1.61. The van der Waals surface area contributed by atoms with E-state index in [1.807, 2.05) is 19.9 Å². The fourth-order valence-electron chi connectivity index (χ4n) is 2.38. The molecule has 5 heteroatoms. The average Bonchev–Trinajstić information content (AvgIpc) is 2.62. The number of benzene rings is 1. The first kappa shape index (κ1) is 11.0. The molecule has 0 atom stereocenters. The number of rotatable bonds is 0. The van der Waals surface area contributed by atoms with E-state index in [0.29, 0.717) is 11.0 Å². The van der Waals surface area contributed by atoms with Gasteiger partial charge in [0.15, 0.2) is 5.65 Å². The molecule has 2 aromatic heterocycles. The summed E-state index contributed by atoms with van der Waals surface area (Å²) in [5, 5.41) is 12.6. The molecule has 0 saturated carbocycles. The summed E-state index contributed by atoms with van der Waals surface area (Å²) >= 11 is 0. The topological polar surface area (TPSA) is 63.6 Å². The van der Waals surface area contributed by atoms with Crippen molar-refractivity contribution in [3.63, 3.8) is 0 Å². The number of aromatic amines is 1. The van der Waals surface area contributed by atoms with Gasteiger partial charge in [-0.3, -0.25) is 14.6 Å². The maximum absolute atomic E-state index is 12.0. The molecule has 0 aliphatic carbocycles. The van der Waals surface area contributed by atoms with Gasteiger partial charge in [0, 0.05) is 12.4 Å². The van der Waals surface area contributed by atoms with Crippen molar-refractivity contribution in [2.45, 2.75) is 20.8 Å². The fourth-order valence-corrected chi connectivity index (χ4v) is 2.38. The van der Waals surface area contributed by atoms with E-state index >= 15 is 0 Å². The Bertz CT molecular complexity index is 842. The molecule has 0 aliphatic heterocycles. The van der Waals surface area contributed by atoms with E-state index in [1.165, 1.54) is 5.56 Å². The second-order valence-corrected chi connectivity index (χ2v) is 4.74. The molecule has 0 radical (unpaired) electrons. The molecule has 0 spiro atoms. The number of hydrogen-bond acceptors (Lipinski definition) is 3. The third-order valence-electron chi connectivity index (χ3n) is 3.68. The van der Waals surface area contributed by atoms with Crippen molar-refractivity contribution in [1.82, 2.24) is 20.0 Å². The third kappa shape index (κ3) is 1.24. The first-order valence-electron chi connectivity index (χ1n) is 5.82. The molecule has 0 unspecified atom stereocenters. The van der Waals surface area contributed by atoms with Crippen LogP contribution in [0.1, 0.15) is 16.7 Å². The predicted molar refractivity (Wildman–Crippen MR) is 70.8 cm³/mol. The van der Waals surface area contributed by atoms with Crippen LogP contribution in [0.4, 0.5) is 0 Å². The Hall–Kier alpha value is -2.17. The van der Waals surface area contributed by atoms with Crippen molar-refractivity contribution in [3.8, 4) is 0 Å². The zero-order chi connectivity index (χ0) is 13.0. The molecule has 2 heterocycles. The number of fused-ring (bicyclic) bond motifs is 3. The molecule has 1 N–H and O–H groups in total. The first-order valence-corrected chi connectivity index (χ1v) is 5.82. The second kappa shape index (κ2) is 3.41. The van der Waals surface area contributed by atoms with Crippen LogP contribution in [0, 0.1) is 20.8 Å². The van der Waals surface area contributed by atoms with Crippen LogP contribution < -0.4 is 5.56 Å². The number of hydrogen-bond donors (Lipinski definition) is 1. The number of aryl methyl sites for hydroxylation is 3. The Kier molecular flexibility index (Phi) is 2.08. The Morgan fingerprint density at radius 2 is 1.89 bits per heavy atom. The Morgan fingerprint density at radius 1 is 1.17 bits per heavy atom. The van der Waals surface area contributed by atoms with Crippen LogP contribution in [0.5, 0.6) is 0 Å². The summed E-state index contributed by atoms with van der Waals surface area (Å²) in [7, 11) is 1.76. The summed E-state index contributed by atoms with van der Waals surface area (Å²) in [6, 6.07) is 2.02. The van der Waals surface area contributed by atoms with Gasteiger partial charge in [-0.05, 0) is 43.5 Å². The van der Waals surface area contributed by atoms with Crippen molar-refractivity contribution in [2.24, 2.45) is 7.05 Å². The number of nitrogens with one attached hydrogen (secondary N) is 1. The van der Waals surface area contributed by atoms with Gasteiger partial charge in [-0.2, -0.15) is 0 Å². The lowest BCUT2D eigenvalue weighted by Gasteiger charge is -2.08. The Balaban J connectivity index is 2.67. The van der Waals surface area contributed by atoms with Crippen molar-refractivity contribution < 1.29 is 0 Å². The SMILES string of the molecule is Cc1cc2c(nnc3c2c(=O)[nH]n3C)c(C)c1C. The minimum Gasteiger partial charge on any atom is -0.269 e. The van der Waals surface area contributed by atoms with E-state index in [0.717, 1.165) is 22.0 Å². The quantitative estimate of drug-likeness (QED) is 0.653. The van der Waals surface area contributed by atoms with Gasteiger partial charge >= 0.3 is 0 Å². The molecular weight excluding hydrogens is 228 g/mol. The van der Waals surface area contributed by atoms with Crippen LogP contribution >= 0.6 is 0 Å². The highest BCUT2D eigenvalue weighted by molar-refractivity contribution is 6.03. The van der Waals surface area contributed by atoms with E-state index in [2.05, 4.69) is 22.2 Å². The van der Waals surface area contributed by atoms with Gasteiger partial charge in [-0.25, -0.2) is 0 Å². The number of H-pyrrole nitrogens is 1. The smallest absolute Gasteiger partial charge is 0.269 e. The summed E-state index contributed by atoms with van der Waals surface area (Å²) in [5.74, 6) is 0. The predicted octanol–water partition coefficient (Wildman–Crippen LogP) is 1.74. The van der Waals surface area contributed by atoms with Gasteiger partial charge in [-0.1, -0.05) is 0 Å². The van der Waals surface area contributed by atoms with Gasteiger partial charge in [0.2, 0.25) is 0 Å². The second-order valence-electron chi connectivity index (χ2n) is 4.74. The number of nitrogens with zero attached hydrogens (tertiary/aromatic N) is 3. The van der Waals surface area contributed by atoms with Crippen LogP contribution in [-0.4, -0.2) is 20.0 Å². The maximum Gasteiger partial charge on any atom is 0.274 e. The summed E-state index contributed by atoms with van der Waals surface area (Å²) in [6.45, 7) is 6.12. The standard InChI is InChI=1S/C13H14N4O/c1-6-5-9-10-12(17(4)16-13(10)18)15-14-11(9)8(3)7(6)2/h5H,1-4H3,(H,16,18). The lowest BCUT2D eigenvalue weighted by molar-refractivity contribution is 0.767. The molecule has 3 aromatic rings. The molecule has 0 amide bonds. The normalized spacial score (nSPS) is 11.6. The molecular formula is C13H14N4O. The highest BCUT2D eigenvalue weighted by atomic mass is 16.1. The maximum atomic E-state index is 12.0. The molecule has 0 aliphatic rings. The zero-order valence-electron chi connectivity index (χ0n) is 10.8. The summed E-state index contributed by atoms with van der Waals surface area (Å²) in [4.78, 5) is 12.0. The first-order chi connectivity index (χ1) is 8.50. The zero-order valence-corrected chi connectivity index (χ0v) is 10.8. The van der Waals surface area contributed by atoms with Crippen molar-refractivity contribution in [1.29, 1.82) is 0 Å². The van der Waals surface area contributed by atoms with Gasteiger partial charge in [0.25, 0.3) is 5.56 Å². The van der Waals surface area contributed by atoms with E-state index in [-0.39, 0.29) is 5.56 Å². The monoisotopic (exact) mass is 242 g/mol. The van der Waals surface area contributed by atoms with E-state index in [1.54, 1.807) is 11.7 Å². The van der Waals surface area contributed by atoms with Crippen LogP contribution in [0.3, 0.4) is 0 Å². The highest BCUT2D eigenvalue weighted by Crippen LogP contribution is 2.26. The van der Waals surface area contributed by atoms with E-state index in [4.69, 9.17) is 0 Å². The molecule has 0 saturated heterocycles. The summed E-state index contributed by atoms with van der Waals surface area (Å²) in [6.07, 6.45) is 0. The Labute approximate surface area is 103 Å².